The average molecular weight is 298 g/mol. The minimum absolute atomic E-state index is 0.630. The summed E-state index contributed by atoms with van der Waals surface area (Å²) in [5, 5.41) is 3.46. The number of ether oxygens (including phenoxy) is 1. The maximum atomic E-state index is 5.43. The van der Waals surface area contributed by atoms with E-state index in [2.05, 4.69) is 48.1 Å². The van der Waals surface area contributed by atoms with Gasteiger partial charge in [0.25, 0.3) is 0 Å². The molecule has 1 atom stereocenters. The maximum Gasteiger partial charge on any atom is 0.193 e. The van der Waals surface area contributed by atoms with Crippen molar-refractivity contribution in [3.63, 3.8) is 0 Å². The highest BCUT2D eigenvalue weighted by molar-refractivity contribution is 5.79. The molecule has 0 aromatic rings. The second-order valence-corrected chi connectivity index (χ2v) is 6.37. The van der Waals surface area contributed by atoms with E-state index in [9.17, 15) is 0 Å². The number of hydrogen-bond acceptors (Lipinski definition) is 3. The van der Waals surface area contributed by atoms with Crippen molar-refractivity contribution in [2.45, 2.75) is 39.2 Å². The number of aliphatic imine (C=N–C) groups is 1. The van der Waals surface area contributed by atoms with Crippen LogP contribution in [0, 0.1) is 5.92 Å². The van der Waals surface area contributed by atoms with Crippen molar-refractivity contribution in [3.8, 4) is 0 Å². The average Bonchev–Trinajstić information content (AvgIpc) is 2.95. The largest absolute Gasteiger partial charge is 0.381 e. The fourth-order valence-corrected chi connectivity index (χ4v) is 2.53. The van der Waals surface area contributed by atoms with Crippen LogP contribution in [0.15, 0.2) is 4.99 Å². The van der Waals surface area contributed by atoms with Gasteiger partial charge in [0.2, 0.25) is 0 Å². The van der Waals surface area contributed by atoms with Gasteiger partial charge in [-0.1, -0.05) is 0 Å². The topological polar surface area (TPSA) is 40.1 Å². The second kappa shape index (κ2) is 10.0. The lowest BCUT2D eigenvalue weighted by molar-refractivity contribution is 0.181. The van der Waals surface area contributed by atoms with Gasteiger partial charge < -0.3 is 19.9 Å². The first-order chi connectivity index (χ1) is 10.0. The Kier molecular flexibility index (Phi) is 8.69. The van der Waals surface area contributed by atoms with Gasteiger partial charge in [-0.15, -0.1) is 0 Å². The first kappa shape index (κ1) is 18.2. The summed E-state index contributed by atoms with van der Waals surface area (Å²) in [6.45, 7) is 9.45. The van der Waals surface area contributed by atoms with Gasteiger partial charge in [-0.3, -0.25) is 4.99 Å². The molecule has 1 aliphatic rings. The Hall–Kier alpha value is -0.810. The lowest BCUT2D eigenvalue weighted by Crippen LogP contribution is -2.41. The molecular formula is C16H34N4O. The van der Waals surface area contributed by atoms with Crippen molar-refractivity contribution in [3.05, 3.63) is 0 Å². The number of rotatable bonds is 8. The molecule has 0 spiro atoms. The van der Waals surface area contributed by atoms with Crippen LogP contribution < -0.4 is 5.32 Å². The molecule has 5 heteroatoms. The predicted molar refractivity (Wildman–Crippen MR) is 89.9 cm³/mol. The highest BCUT2D eigenvalue weighted by atomic mass is 16.5. The Morgan fingerprint density at radius 3 is 2.67 bits per heavy atom. The van der Waals surface area contributed by atoms with E-state index in [4.69, 9.17) is 4.74 Å². The highest BCUT2D eigenvalue weighted by Crippen LogP contribution is 2.13. The molecule has 1 aliphatic heterocycles. The molecule has 1 fully saturated rings. The van der Waals surface area contributed by atoms with E-state index >= 15 is 0 Å². The third-order valence-corrected chi connectivity index (χ3v) is 4.23. The zero-order valence-electron chi connectivity index (χ0n) is 14.6. The van der Waals surface area contributed by atoms with Gasteiger partial charge in [0, 0.05) is 45.8 Å². The second-order valence-electron chi connectivity index (χ2n) is 6.37. The molecular weight excluding hydrogens is 264 g/mol. The molecule has 1 N–H and O–H groups in total. The third-order valence-electron chi connectivity index (χ3n) is 4.23. The third kappa shape index (κ3) is 7.14. The predicted octanol–water partition coefficient (Wildman–Crippen LogP) is 1.65. The van der Waals surface area contributed by atoms with E-state index in [1.807, 2.05) is 7.05 Å². The Morgan fingerprint density at radius 1 is 1.33 bits per heavy atom. The van der Waals surface area contributed by atoms with Crippen LogP contribution in [-0.2, 0) is 4.74 Å². The normalized spacial score (nSPS) is 19.6. The molecule has 5 nitrogen and oxygen atoms in total. The molecule has 1 rings (SSSR count). The Labute approximate surface area is 130 Å². The Bertz CT molecular complexity index is 301. The van der Waals surface area contributed by atoms with Gasteiger partial charge >= 0.3 is 0 Å². The van der Waals surface area contributed by atoms with Crippen LogP contribution in [-0.4, -0.2) is 75.8 Å². The summed E-state index contributed by atoms with van der Waals surface area (Å²) < 4.78 is 5.43. The molecule has 0 saturated carbocycles. The van der Waals surface area contributed by atoms with Gasteiger partial charge in [0.1, 0.15) is 0 Å². The molecule has 0 bridgehead atoms. The number of hydrogen-bond donors (Lipinski definition) is 1. The number of nitrogens with zero attached hydrogens (tertiary/aromatic N) is 3. The minimum atomic E-state index is 0.630. The lowest BCUT2D eigenvalue weighted by atomic mass is 10.1. The van der Waals surface area contributed by atoms with Gasteiger partial charge in [-0.25, -0.2) is 0 Å². The molecule has 21 heavy (non-hydrogen) atoms. The lowest BCUT2D eigenvalue weighted by Gasteiger charge is -2.25. The smallest absolute Gasteiger partial charge is 0.193 e. The first-order valence-electron chi connectivity index (χ1n) is 8.24. The van der Waals surface area contributed by atoms with Crippen LogP contribution in [0.4, 0.5) is 0 Å². The summed E-state index contributed by atoms with van der Waals surface area (Å²) in [4.78, 5) is 8.98. The molecule has 0 radical (unpaired) electrons. The van der Waals surface area contributed by atoms with Crippen LogP contribution >= 0.6 is 0 Å². The molecule has 0 aromatic heterocycles. The van der Waals surface area contributed by atoms with E-state index < -0.39 is 0 Å². The molecule has 0 aromatic carbocycles. The van der Waals surface area contributed by atoms with Gasteiger partial charge in [0.05, 0.1) is 6.61 Å². The van der Waals surface area contributed by atoms with Crippen molar-refractivity contribution >= 4 is 5.96 Å². The van der Waals surface area contributed by atoms with Crippen LogP contribution in [0.5, 0.6) is 0 Å². The van der Waals surface area contributed by atoms with Crippen LogP contribution in [0.3, 0.4) is 0 Å². The fourth-order valence-electron chi connectivity index (χ4n) is 2.53. The van der Waals surface area contributed by atoms with Crippen molar-refractivity contribution in [2.75, 3.05) is 54.0 Å². The van der Waals surface area contributed by atoms with Crippen molar-refractivity contribution in [1.29, 1.82) is 0 Å². The summed E-state index contributed by atoms with van der Waals surface area (Å²) in [5.74, 6) is 1.65. The quantitative estimate of drug-likeness (QED) is 0.420. The summed E-state index contributed by atoms with van der Waals surface area (Å²) in [6, 6.07) is 0.630. The van der Waals surface area contributed by atoms with Crippen LogP contribution in [0.25, 0.3) is 0 Å². The van der Waals surface area contributed by atoms with Crippen LogP contribution in [0.1, 0.15) is 33.1 Å². The Balaban J connectivity index is 2.15. The zero-order chi connectivity index (χ0) is 15.7. The standard InChI is InChI=1S/C16H34N4O/c1-14(2)19(4)10-7-6-9-18-16(17-3)20(5)12-15-8-11-21-13-15/h14-15H,6-13H2,1-5H3,(H,17,18). The Morgan fingerprint density at radius 2 is 2.10 bits per heavy atom. The molecule has 1 unspecified atom stereocenters. The molecule has 0 aliphatic carbocycles. The van der Waals surface area contributed by atoms with Crippen LogP contribution in [0.2, 0.25) is 0 Å². The SMILES string of the molecule is CN=C(NCCCCN(C)C(C)C)N(C)CC1CCOC1. The van der Waals surface area contributed by atoms with E-state index in [1.165, 1.54) is 19.3 Å². The van der Waals surface area contributed by atoms with Crippen molar-refractivity contribution < 1.29 is 4.74 Å². The van der Waals surface area contributed by atoms with E-state index in [0.717, 1.165) is 38.8 Å². The highest BCUT2D eigenvalue weighted by Gasteiger charge is 2.18. The van der Waals surface area contributed by atoms with Crippen molar-refractivity contribution in [2.24, 2.45) is 10.9 Å². The zero-order valence-corrected chi connectivity index (χ0v) is 14.6. The monoisotopic (exact) mass is 298 g/mol. The molecule has 0 amide bonds. The molecule has 1 saturated heterocycles. The summed E-state index contributed by atoms with van der Waals surface area (Å²) >= 11 is 0. The molecule has 124 valence electrons. The fraction of sp³-hybridized carbons (Fsp3) is 0.938. The summed E-state index contributed by atoms with van der Waals surface area (Å²) in [7, 11) is 6.16. The number of unbranched alkanes of at least 4 members (excludes halogenated alkanes) is 1. The van der Waals surface area contributed by atoms with E-state index in [-0.39, 0.29) is 0 Å². The summed E-state index contributed by atoms with van der Waals surface area (Å²) in [6.07, 6.45) is 3.57. The number of guanidine groups is 1. The summed E-state index contributed by atoms with van der Waals surface area (Å²) in [5.41, 5.74) is 0. The molecule has 1 heterocycles. The van der Waals surface area contributed by atoms with E-state index in [1.54, 1.807) is 0 Å². The van der Waals surface area contributed by atoms with Gasteiger partial charge in [-0.05, 0) is 46.7 Å². The maximum absolute atomic E-state index is 5.43. The van der Waals surface area contributed by atoms with E-state index in [0.29, 0.717) is 12.0 Å². The van der Waals surface area contributed by atoms with Gasteiger partial charge in [0.15, 0.2) is 5.96 Å². The van der Waals surface area contributed by atoms with Crippen molar-refractivity contribution in [1.82, 2.24) is 15.1 Å². The number of nitrogens with one attached hydrogen (secondary N) is 1. The minimum Gasteiger partial charge on any atom is -0.381 e. The first-order valence-corrected chi connectivity index (χ1v) is 8.24. The van der Waals surface area contributed by atoms with Gasteiger partial charge in [-0.2, -0.15) is 0 Å².